The molecule has 0 aliphatic heterocycles. The van der Waals surface area contributed by atoms with Crippen LogP contribution < -0.4 is 16.8 Å². The van der Waals surface area contributed by atoms with Crippen molar-refractivity contribution in [1.29, 1.82) is 0 Å². The van der Waals surface area contributed by atoms with Crippen LogP contribution in [0.4, 0.5) is 20.2 Å². The van der Waals surface area contributed by atoms with E-state index in [1.54, 1.807) is 12.1 Å². The van der Waals surface area contributed by atoms with Crippen molar-refractivity contribution in [2.75, 3.05) is 30.8 Å². The van der Waals surface area contributed by atoms with Gasteiger partial charge in [-0.05, 0) is 18.2 Å². The van der Waals surface area contributed by atoms with Crippen LogP contribution in [0.25, 0.3) is 0 Å². The van der Waals surface area contributed by atoms with Crippen LogP contribution in [0.15, 0.2) is 18.2 Å². The van der Waals surface area contributed by atoms with Gasteiger partial charge in [-0.1, -0.05) is 0 Å². The number of nitrogens with one attached hydrogen (secondary N) is 1. The number of nitrogens with two attached hydrogens (primary N) is 2. The van der Waals surface area contributed by atoms with E-state index in [2.05, 4.69) is 10.1 Å². The minimum atomic E-state index is -2.47. The Morgan fingerprint density at radius 2 is 2.17 bits per heavy atom. The Balaban J connectivity index is 2.43. The van der Waals surface area contributed by atoms with Crippen LogP contribution in [0.3, 0.4) is 0 Å². The Kier molecular flexibility index (Phi) is 5.31. The lowest BCUT2D eigenvalue weighted by atomic mass is 10.1. The summed E-state index contributed by atoms with van der Waals surface area (Å²) in [6.45, 7) is -0.106. The Morgan fingerprint density at radius 3 is 2.78 bits per heavy atom. The van der Waals surface area contributed by atoms with Crippen LogP contribution >= 0.6 is 0 Å². The van der Waals surface area contributed by atoms with E-state index in [9.17, 15) is 13.6 Å². The van der Waals surface area contributed by atoms with Crippen LogP contribution in [0.2, 0.25) is 0 Å². The van der Waals surface area contributed by atoms with Gasteiger partial charge in [0.15, 0.2) is 0 Å². The molecule has 0 unspecified atom stereocenters. The topological polar surface area (TPSA) is 90.4 Å². The molecule has 0 fully saturated rings. The van der Waals surface area contributed by atoms with Gasteiger partial charge in [-0.15, -0.1) is 0 Å². The van der Waals surface area contributed by atoms with Crippen molar-refractivity contribution in [2.45, 2.75) is 6.43 Å². The van der Waals surface area contributed by atoms with Crippen molar-refractivity contribution in [1.82, 2.24) is 0 Å². The number of alkyl halides is 2. The largest absolute Gasteiger partial charge is 0.398 e. The van der Waals surface area contributed by atoms with Crippen molar-refractivity contribution in [3.63, 3.8) is 0 Å². The normalized spacial score (nSPS) is 10.6. The standard InChI is InChI=1S/C11H15F2N3O2/c12-10(13)6-18-4-3-16-7-1-2-9(14)8(5-7)11(15)17/h1-2,5,10,16H,3-4,6,14H2,(H2,15,17). The second-order valence-corrected chi connectivity index (χ2v) is 3.56. The molecule has 0 spiro atoms. The smallest absolute Gasteiger partial charge is 0.261 e. The highest BCUT2D eigenvalue weighted by Gasteiger charge is 2.06. The molecule has 0 bridgehead atoms. The van der Waals surface area contributed by atoms with E-state index in [1.807, 2.05) is 0 Å². The van der Waals surface area contributed by atoms with Crippen molar-refractivity contribution < 1.29 is 18.3 Å². The third-order valence-corrected chi connectivity index (χ3v) is 2.14. The summed E-state index contributed by atoms with van der Waals surface area (Å²) in [4.78, 5) is 11.0. The number of anilines is 2. The number of hydrogen-bond acceptors (Lipinski definition) is 4. The number of benzene rings is 1. The summed E-state index contributed by atoms with van der Waals surface area (Å²) in [6, 6.07) is 4.71. The van der Waals surface area contributed by atoms with Crippen molar-refractivity contribution in [3.8, 4) is 0 Å². The molecule has 7 heteroatoms. The number of nitrogen functional groups attached to an aromatic ring is 1. The highest BCUT2D eigenvalue weighted by molar-refractivity contribution is 5.98. The lowest BCUT2D eigenvalue weighted by Gasteiger charge is -2.09. The third-order valence-electron chi connectivity index (χ3n) is 2.14. The molecule has 18 heavy (non-hydrogen) atoms. The maximum atomic E-state index is 11.8. The number of halogens is 2. The summed E-state index contributed by atoms with van der Waals surface area (Å²) in [7, 11) is 0. The third kappa shape index (κ3) is 4.54. The molecule has 0 heterocycles. The van der Waals surface area contributed by atoms with Crippen LogP contribution in [0, 0.1) is 0 Å². The summed E-state index contributed by atoms with van der Waals surface area (Å²) in [5, 5.41) is 2.91. The molecule has 0 atom stereocenters. The number of carbonyl (C=O) groups excluding carboxylic acids is 1. The molecule has 1 amide bonds. The molecule has 0 aromatic heterocycles. The van der Waals surface area contributed by atoms with E-state index in [-0.39, 0.29) is 12.2 Å². The van der Waals surface area contributed by atoms with E-state index >= 15 is 0 Å². The Morgan fingerprint density at radius 1 is 1.44 bits per heavy atom. The molecule has 0 aliphatic carbocycles. The summed E-state index contributed by atoms with van der Waals surface area (Å²) in [5.41, 5.74) is 11.8. The number of rotatable bonds is 7. The monoisotopic (exact) mass is 259 g/mol. The zero-order valence-corrected chi connectivity index (χ0v) is 9.66. The van der Waals surface area contributed by atoms with Gasteiger partial charge in [0.05, 0.1) is 12.2 Å². The van der Waals surface area contributed by atoms with E-state index < -0.39 is 18.9 Å². The number of ether oxygens (including phenoxy) is 1. The van der Waals surface area contributed by atoms with Crippen molar-refractivity contribution >= 4 is 17.3 Å². The van der Waals surface area contributed by atoms with Crippen molar-refractivity contribution in [3.05, 3.63) is 23.8 Å². The number of primary amides is 1. The number of carbonyl (C=O) groups is 1. The van der Waals surface area contributed by atoms with Gasteiger partial charge in [0, 0.05) is 17.9 Å². The molecule has 0 saturated heterocycles. The van der Waals surface area contributed by atoms with Crippen LogP contribution in [-0.2, 0) is 4.74 Å². The maximum Gasteiger partial charge on any atom is 0.261 e. The molecular weight excluding hydrogens is 244 g/mol. The SMILES string of the molecule is NC(=O)c1cc(NCCOCC(F)F)ccc1N. The summed E-state index contributed by atoms with van der Waals surface area (Å²) in [6.07, 6.45) is -2.47. The molecule has 1 aromatic rings. The van der Waals surface area contributed by atoms with E-state index in [4.69, 9.17) is 11.5 Å². The lowest BCUT2D eigenvalue weighted by molar-refractivity contribution is 0.0215. The maximum absolute atomic E-state index is 11.8. The van der Waals surface area contributed by atoms with Crippen LogP contribution in [0.1, 0.15) is 10.4 Å². The van der Waals surface area contributed by atoms with E-state index in [0.717, 1.165) is 0 Å². The Bertz CT molecular complexity index is 413. The molecular formula is C11H15F2N3O2. The van der Waals surface area contributed by atoms with Crippen LogP contribution in [0.5, 0.6) is 0 Å². The molecule has 5 N–H and O–H groups in total. The Hall–Kier alpha value is -1.89. The zero-order valence-electron chi connectivity index (χ0n) is 9.66. The molecule has 1 aromatic carbocycles. The quantitative estimate of drug-likeness (QED) is 0.504. The van der Waals surface area contributed by atoms with Gasteiger partial charge >= 0.3 is 0 Å². The lowest BCUT2D eigenvalue weighted by Crippen LogP contribution is -2.15. The van der Waals surface area contributed by atoms with Gasteiger partial charge < -0.3 is 21.5 Å². The van der Waals surface area contributed by atoms with E-state index in [0.29, 0.717) is 17.9 Å². The predicted octanol–water partition coefficient (Wildman–Crippen LogP) is 1.06. The van der Waals surface area contributed by atoms with Gasteiger partial charge in [-0.2, -0.15) is 0 Å². The molecule has 0 aliphatic rings. The average molecular weight is 259 g/mol. The number of amides is 1. The fourth-order valence-electron chi connectivity index (χ4n) is 1.32. The van der Waals surface area contributed by atoms with Crippen molar-refractivity contribution in [2.24, 2.45) is 5.73 Å². The van der Waals surface area contributed by atoms with Gasteiger partial charge in [0.1, 0.15) is 6.61 Å². The molecule has 0 saturated carbocycles. The van der Waals surface area contributed by atoms with E-state index in [1.165, 1.54) is 6.07 Å². The highest BCUT2D eigenvalue weighted by atomic mass is 19.3. The molecule has 1 rings (SSSR count). The van der Waals surface area contributed by atoms with Gasteiger partial charge in [0.25, 0.3) is 12.3 Å². The fraction of sp³-hybridized carbons (Fsp3) is 0.364. The molecule has 100 valence electrons. The predicted molar refractivity (Wildman–Crippen MR) is 64.7 cm³/mol. The first kappa shape index (κ1) is 14.2. The summed E-state index contributed by atoms with van der Waals surface area (Å²) in [5.74, 6) is -0.620. The van der Waals surface area contributed by atoms with Gasteiger partial charge in [-0.25, -0.2) is 8.78 Å². The first-order valence-corrected chi connectivity index (χ1v) is 5.30. The summed E-state index contributed by atoms with van der Waals surface area (Å²) >= 11 is 0. The average Bonchev–Trinajstić information content (AvgIpc) is 2.30. The fourth-order valence-corrected chi connectivity index (χ4v) is 1.32. The van der Waals surface area contributed by atoms with Gasteiger partial charge in [-0.3, -0.25) is 4.79 Å². The minimum Gasteiger partial charge on any atom is -0.398 e. The first-order valence-electron chi connectivity index (χ1n) is 5.30. The Labute approximate surface area is 103 Å². The van der Waals surface area contributed by atoms with Crippen LogP contribution in [-0.4, -0.2) is 32.1 Å². The highest BCUT2D eigenvalue weighted by Crippen LogP contribution is 2.17. The molecule has 5 nitrogen and oxygen atoms in total. The van der Waals surface area contributed by atoms with Gasteiger partial charge in [0.2, 0.25) is 0 Å². The first-order chi connectivity index (χ1) is 8.50. The number of hydrogen-bond donors (Lipinski definition) is 3. The summed E-state index contributed by atoms with van der Waals surface area (Å²) < 4.78 is 28.2. The zero-order chi connectivity index (χ0) is 13.5. The molecule has 0 radical (unpaired) electrons. The second-order valence-electron chi connectivity index (χ2n) is 3.56. The minimum absolute atomic E-state index is 0.140. The second kappa shape index (κ2) is 6.75.